The fourth-order valence-corrected chi connectivity index (χ4v) is 2.27. The lowest BCUT2D eigenvalue weighted by atomic mass is 10.2. The number of nitro benzene ring substituents is 1. The van der Waals surface area contributed by atoms with Crippen molar-refractivity contribution in [2.45, 2.75) is 17.1 Å². The van der Waals surface area contributed by atoms with Crippen molar-refractivity contribution in [3.63, 3.8) is 0 Å². The first-order valence-electron chi connectivity index (χ1n) is 5.51. The van der Waals surface area contributed by atoms with Crippen molar-refractivity contribution in [2.75, 3.05) is 24.4 Å². The van der Waals surface area contributed by atoms with E-state index < -0.39 is 14.8 Å². The molecule has 0 heterocycles. The monoisotopic (exact) mass is 304 g/mol. The van der Waals surface area contributed by atoms with Crippen molar-refractivity contribution in [2.24, 2.45) is 0 Å². The summed E-state index contributed by atoms with van der Waals surface area (Å²) in [6.07, 6.45) is 2.97. The zero-order chi connectivity index (χ0) is 14.6. The summed E-state index contributed by atoms with van der Waals surface area (Å²) in [5.41, 5.74) is 0.106. The summed E-state index contributed by atoms with van der Waals surface area (Å²) in [6, 6.07) is 3.89. The highest BCUT2D eigenvalue weighted by molar-refractivity contribution is 7.99. The van der Waals surface area contributed by atoms with Crippen LogP contribution in [0, 0.1) is 10.1 Å². The molecular weight excluding hydrogens is 288 g/mol. The van der Waals surface area contributed by atoms with E-state index in [1.807, 2.05) is 13.2 Å². The summed E-state index contributed by atoms with van der Waals surface area (Å²) in [5.74, 6) is 0. The number of nitro groups is 1. The third-order valence-electron chi connectivity index (χ3n) is 2.58. The number of hydrogen-bond donors (Lipinski definition) is 1. The number of hydrogen-bond acceptors (Lipinski definition) is 6. The van der Waals surface area contributed by atoms with Crippen LogP contribution in [-0.2, 0) is 9.84 Å². The normalized spacial score (nSPS) is 13.0. The fraction of sp³-hybridized carbons (Fsp3) is 0.455. The molecule has 1 N–H and O–H groups in total. The molecule has 0 spiro atoms. The van der Waals surface area contributed by atoms with Gasteiger partial charge in [0.15, 0.2) is 9.84 Å². The Bertz CT molecular complexity index is 572. The van der Waals surface area contributed by atoms with E-state index in [9.17, 15) is 18.5 Å². The van der Waals surface area contributed by atoms with Gasteiger partial charge in [-0.1, -0.05) is 6.92 Å². The van der Waals surface area contributed by atoms with Crippen molar-refractivity contribution in [1.82, 2.24) is 0 Å². The molecule has 1 unspecified atom stereocenters. The van der Waals surface area contributed by atoms with E-state index in [4.69, 9.17) is 0 Å². The second kappa shape index (κ2) is 6.25. The van der Waals surface area contributed by atoms with Crippen molar-refractivity contribution in [3.05, 3.63) is 28.3 Å². The molecule has 1 aromatic rings. The first-order valence-corrected chi connectivity index (χ1v) is 8.68. The van der Waals surface area contributed by atoms with E-state index >= 15 is 0 Å². The maximum atomic E-state index is 11.4. The van der Waals surface area contributed by atoms with E-state index in [0.717, 1.165) is 12.3 Å². The van der Waals surface area contributed by atoms with Gasteiger partial charge in [0.05, 0.1) is 9.82 Å². The molecule has 0 bridgehead atoms. The van der Waals surface area contributed by atoms with Gasteiger partial charge < -0.3 is 5.32 Å². The molecular formula is C11H16N2O4S2. The fourth-order valence-electron chi connectivity index (χ4n) is 1.38. The van der Waals surface area contributed by atoms with E-state index in [-0.39, 0.29) is 10.6 Å². The van der Waals surface area contributed by atoms with Gasteiger partial charge in [-0.2, -0.15) is 11.8 Å². The molecule has 0 fully saturated rings. The highest BCUT2D eigenvalue weighted by atomic mass is 32.2. The molecule has 19 heavy (non-hydrogen) atoms. The van der Waals surface area contributed by atoms with Crippen molar-refractivity contribution in [1.29, 1.82) is 0 Å². The lowest BCUT2D eigenvalue weighted by Crippen LogP contribution is -2.13. The first kappa shape index (κ1) is 15.8. The summed E-state index contributed by atoms with van der Waals surface area (Å²) in [6.45, 7) is 2.56. The maximum Gasteiger partial charge on any atom is 0.293 e. The number of benzene rings is 1. The lowest BCUT2D eigenvalue weighted by molar-refractivity contribution is -0.384. The van der Waals surface area contributed by atoms with Crippen LogP contribution < -0.4 is 5.32 Å². The predicted molar refractivity (Wildman–Crippen MR) is 77.7 cm³/mol. The highest BCUT2D eigenvalue weighted by Crippen LogP contribution is 2.27. The van der Waals surface area contributed by atoms with Gasteiger partial charge in [0, 0.05) is 24.1 Å². The summed E-state index contributed by atoms with van der Waals surface area (Å²) >= 11 is 1.64. The second-order valence-corrected chi connectivity index (χ2v) is 7.43. The number of nitrogens with zero attached hydrogens (tertiary/aromatic N) is 1. The van der Waals surface area contributed by atoms with Crippen LogP contribution in [0.5, 0.6) is 0 Å². The average molecular weight is 304 g/mol. The Morgan fingerprint density at radius 1 is 1.47 bits per heavy atom. The Balaban J connectivity index is 3.09. The van der Waals surface area contributed by atoms with Crippen LogP contribution in [0.1, 0.15) is 6.92 Å². The molecule has 0 aromatic heterocycles. The Hall–Kier alpha value is -1.28. The molecule has 106 valence electrons. The SMILES string of the molecule is CSC(C)CNc1ccc(S(C)(=O)=O)cc1[N+](=O)[O-]. The standard InChI is InChI=1S/C11H16N2O4S2/c1-8(18-2)7-12-10-5-4-9(19(3,16)17)6-11(10)13(14)15/h4-6,8,12H,7H2,1-3H3. The zero-order valence-corrected chi connectivity index (χ0v) is 12.5. The Morgan fingerprint density at radius 2 is 2.11 bits per heavy atom. The number of nitrogens with one attached hydrogen (secondary N) is 1. The van der Waals surface area contributed by atoms with E-state index in [2.05, 4.69) is 5.32 Å². The average Bonchev–Trinajstić information content (AvgIpc) is 2.34. The molecule has 8 heteroatoms. The number of anilines is 1. The van der Waals surface area contributed by atoms with Crippen molar-refractivity contribution in [3.8, 4) is 0 Å². The molecule has 0 saturated heterocycles. The molecule has 0 saturated carbocycles. The number of sulfone groups is 1. The third kappa shape index (κ3) is 4.39. The number of rotatable bonds is 6. The Morgan fingerprint density at radius 3 is 2.58 bits per heavy atom. The molecule has 0 radical (unpaired) electrons. The molecule has 0 aliphatic heterocycles. The van der Waals surface area contributed by atoms with Gasteiger partial charge in [-0.15, -0.1) is 0 Å². The Kier molecular flexibility index (Phi) is 5.19. The smallest absolute Gasteiger partial charge is 0.293 e. The van der Waals surface area contributed by atoms with Crippen molar-refractivity contribution >= 4 is 33.0 Å². The molecule has 0 aliphatic rings. The van der Waals surface area contributed by atoms with E-state index in [1.165, 1.54) is 12.1 Å². The minimum Gasteiger partial charge on any atom is -0.378 e. The third-order valence-corrected chi connectivity index (χ3v) is 4.66. The van der Waals surface area contributed by atoms with Gasteiger partial charge in [-0.25, -0.2) is 8.42 Å². The van der Waals surface area contributed by atoms with Gasteiger partial charge in [0.25, 0.3) is 5.69 Å². The van der Waals surface area contributed by atoms with Gasteiger partial charge in [-0.3, -0.25) is 10.1 Å². The first-order chi connectivity index (χ1) is 8.75. The van der Waals surface area contributed by atoms with E-state index in [1.54, 1.807) is 11.8 Å². The zero-order valence-electron chi connectivity index (χ0n) is 10.9. The highest BCUT2D eigenvalue weighted by Gasteiger charge is 2.18. The molecule has 1 aromatic carbocycles. The number of thioether (sulfide) groups is 1. The van der Waals surface area contributed by atoms with Crippen LogP contribution in [0.2, 0.25) is 0 Å². The quantitative estimate of drug-likeness (QED) is 0.640. The van der Waals surface area contributed by atoms with Gasteiger partial charge in [-0.05, 0) is 18.4 Å². The molecule has 1 rings (SSSR count). The summed E-state index contributed by atoms with van der Waals surface area (Å²) < 4.78 is 22.8. The van der Waals surface area contributed by atoms with Crippen molar-refractivity contribution < 1.29 is 13.3 Å². The lowest BCUT2D eigenvalue weighted by Gasteiger charge is -2.11. The molecule has 1 atom stereocenters. The topological polar surface area (TPSA) is 89.3 Å². The summed E-state index contributed by atoms with van der Waals surface area (Å²) in [5, 5.41) is 14.2. The van der Waals surface area contributed by atoms with Crippen LogP contribution >= 0.6 is 11.8 Å². The minimum atomic E-state index is -3.45. The van der Waals surface area contributed by atoms with E-state index in [0.29, 0.717) is 17.5 Å². The van der Waals surface area contributed by atoms with Gasteiger partial charge in [0.1, 0.15) is 5.69 Å². The van der Waals surface area contributed by atoms with Gasteiger partial charge in [0.2, 0.25) is 0 Å². The van der Waals surface area contributed by atoms with Crippen LogP contribution in [0.25, 0.3) is 0 Å². The maximum absolute atomic E-state index is 11.4. The van der Waals surface area contributed by atoms with Crippen LogP contribution in [0.4, 0.5) is 11.4 Å². The summed E-state index contributed by atoms with van der Waals surface area (Å²) in [7, 11) is -3.45. The molecule has 0 amide bonds. The molecule has 0 aliphatic carbocycles. The van der Waals surface area contributed by atoms with Crippen LogP contribution in [0.3, 0.4) is 0 Å². The minimum absolute atomic E-state index is 0.0531. The molecule has 6 nitrogen and oxygen atoms in total. The van der Waals surface area contributed by atoms with Gasteiger partial charge >= 0.3 is 0 Å². The van der Waals surface area contributed by atoms with Crippen LogP contribution in [-0.4, -0.2) is 37.6 Å². The predicted octanol–water partition coefficient (Wildman–Crippen LogP) is 2.16. The second-order valence-electron chi connectivity index (χ2n) is 4.14. The van der Waals surface area contributed by atoms with Crippen LogP contribution in [0.15, 0.2) is 23.1 Å². The largest absolute Gasteiger partial charge is 0.378 e. The summed E-state index contributed by atoms with van der Waals surface area (Å²) in [4.78, 5) is 10.3. The Labute approximate surface area is 116 Å².